The number of aryl methyl sites for hydroxylation is 1. The molecule has 4 rings (SSSR count). The molecule has 1 fully saturated rings. The third kappa shape index (κ3) is 3.60. The maximum absolute atomic E-state index is 11.2. The van der Waals surface area contributed by atoms with Crippen LogP contribution in [0.15, 0.2) is 54.7 Å². The molecule has 28 heavy (non-hydrogen) atoms. The Hall–Kier alpha value is -2.50. The predicted octanol–water partition coefficient (Wildman–Crippen LogP) is 3.93. The van der Waals surface area contributed by atoms with E-state index >= 15 is 0 Å². The quantitative estimate of drug-likeness (QED) is 0.733. The van der Waals surface area contributed by atoms with Crippen LogP contribution >= 0.6 is 0 Å². The van der Waals surface area contributed by atoms with Crippen molar-refractivity contribution in [3.8, 4) is 11.1 Å². The molecule has 5 heteroatoms. The van der Waals surface area contributed by atoms with E-state index in [1.165, 1.54) is 22.3 Å². The third-order valence-corrected chi connectivity index (χ3v) is 5.69. The number of aliphatic hydroxyl groups is 1. The molecule has 1 atom stereocenters. The topological polar surface area (TPSA) is 54.2 Å². The van der Waals surface area contributed by atoms with Crippen LogP contribution in [-0.2, 0) is 12.1 Å². The average molecular weight is 377 g/mol. The molecule has 0 saturated carbocycles. The molecular formula is C23H28N4O. The van der Waals surface area contributed by atoms with Crippen molar-refractivity contribution < 1.29 is 5.11 Å². The van der Waals surface area contributed by atoms with Gasteiger partial charge >= 0.3 is 0 Å². The van der Waals surface area contributed by atoms with Crippen LogP contribution in [0.3, 0.4) is 0 Å². The van der Waals surface area contributed by atoms with Gasteiger partial charge in [-0.1, -0.05) is 53.7 Å². The smallest absolute Gasteiger partial charge is 0.124 e. The van der Waals surface area contributed by atoms with Crippen molar-refractivity contribution in [2.24, 2.45) is 0 Å². The Morgan fingerprint density at radius 2 is 1.79 bits per heavy atom. The zero-order valence-corrected chi connectivity index (χ0v) is 16.8. The van der Waals surface area contributed by atoms with Crippen molar-refractivity contribution in [1.29, 1.82) is 0 Å². The van der Waals surface area contributed by atoms with E-state index in [4.69, 9.17) is 0 Å². The van der Waals surface area contributed by atoms with Gasteiger partial charge in [-0.3, -0.25) is 4.90 Å². The minimum Gasteiger partial charge on any atom is -0.382 e. The second-order valence-electron chi connectivity index (χ2n) is 8.14. The molecule has 1 saturated heterocycles. The lowest BCUT2D eigenvalue weighted by Crippen LogP contribution is -2.31. The molecule has 1 N–H and O–H groups in total. The van der Waals surface area contributed by atoms with Gasteiger partial charge in [0.2, 0.25) is 0 Å². The molecule has 0 aliphatic carbocycles. The van der Waals surface area contributed by atoms with E-state index < -0.39 is 5.60 Å². The first-order valence-corrected chi connectivity index (χ1v) is 9.97. The maximum Gasteiger partial charge on any atom is 0.124 e. The maximum atomic E-state index is 11.2. The van der Waals surface area contributed by atoms with Crippen molar-refractivity contribution in [3.63, 3.8) is 0 Å². The highest BCUT2D eigenvalue weighted by Gasteiger charge is 2.40. The van der Waals surface area contributed by atoms with Crippen LogP contribution in [-0.4, -0.2) is 38.1 Å². The van der Waals surface area contributed by atoms with Gasteiger partial charge in [0.05, 0.1) is 6.20 Å². The molecule has 1 aliphatic heterocycles. The second kappa shape index (κ2) is 7.49. The molecule has 2 aromatic carbocycles. The SMILES string of the molecule is Cc1ccccc1-c1ccccc1CN1CCC(O)(c2cn(C(C)C)nn2)C1. The lowest BCUT2D eigenvalue weighted by molar-refractivity contribution is 0.0408. The number of nitrogens with zero attached hydrogens (tertiary/aromatic N) is 4. The summed E-state index contributed by atoms with van der Waals surface area (Å²) in [4.78, 5) is 2.31. The predicted molar refractivity (Wildman–Crippen MR) is 111 cm³/mol. The van der Waals surface area contributed by atoms with Gasteiger partial charge in [0.1, 0.15) is 11.3 Å². The molecular weight excluding hydrogens is 348 g/mol. The Morgan fingerprint density at radius 3 is 2.50 bits per heavy atom. The molecule has 0 bridgehead atoms. The first kappa shape index (κ1) is 18.8. The minimum absolute atomic E-state index is 0.239. The van der Waals surface area contributed by atoms with E-state index in [1.807, 2.05) is 10.9 Å². The van der Waals surface area contributed by atoms with Crippen LogP contribution < -0.4 is 0 Å². The fourth-order valence-corrected chi connectivity index (χ4v) is 3.99. The molecule has 0 spiro atoms. The fraction of sp³-hybridized carbons (Fsp3) is 0.391. The first-order chi connectivity index (χ1) is 13.5. The van der Waals surface area contributed by atoms with Gasteiger partial charge in [0, 0.05) is 25.7 Å². The standard InChI is InChI=1S/C23H28N4O/c1-17(2)27-15-22(24-25-27)23(28)12-13-26(16-23)14-19-9-5-7-11-21(19)20-10-6-4-8-18(20)3/h4-11,15,17,28H,12-14,16H2,1-3H3. The number of rotatable bonds is 5. The largest absolute Gasteiger partial charge is 0.382 e. The number of β-amino-alcohol motifs (C(OH)–C–C–N with tert-alkyl or cyclic N) is 1. The van der Waals surface area contributed by atoms with Crippen molar-refractivity contribution in [3.05, 3.63) is 71.5 Å². The summed E-state index contributed by atoms with van der Waals surface area (Å²) in [5, 5.41) is 19.6. The lowest BCUT2D eigenvalue weighted by Gasteiger charge is -2.22. The molecule has 3 aromatic rings. The van der Waals surface area contributed by atoms with Crippen LogP contribution in [0.5, 0.6) is 0 Å². The Kier molecular flexibility index (Phi) is 5.04. The van der Waals surface area contributed by atoms with Gasteiger partial charge in [-0.05, 0) is 49.4 Å². The normalized spacial score (nSPS) is 20.2. The van der Waals surface area contributed by atoms with Crippen molar-refractivity contribution >= 4 is 0 Å². The summed E-state index contributed by atoms with van der Waals surface area (Å²) >= 11 is 0. The minimum atomic E-state index is -0.926. The summed E-state index contributed by atoms with van der Waals surface area (Å²) in [5.41, 5.74) is 4.85. The molecule has 146 valence electrons. The number of aromatic nitrogens is 3. The Bertz CT molecular complexity index is 964. The lowest BCUT2D eigenvalue weighted by atomic mass is 9.96. The summed E-state index contributed by atoms with van der Waals surface area (Å²) in [7, 11) is 0. The average Bonchev–Trinajstić information content (AvgIpc) is 3.31. The second-order valence-corrected chi connectivity index (χ2v) is 8.14. The van der Waals surface area contributed by atoms with Gasteiger partial charge in [0.15, 0.2) is 0 Å². The van der Waals surface area contributed by atoms with Crippen LogP contribution in [0, 0.1) is 6.92 Å². The molecule has 5 nitrogen and oxygen atoms in total. The highest BCUT2D eigenvalue weighted by Crippen LogP contribution is 2.33. The van der Waals surface area contributed by atoms with Gasteiger partial charge in [-0.15, -0.1) is 5.10 Å². The number of benzene rings is 2. The molecule has 0 amide bonds. The number of hydrogen-bond acceptors (Lipinski definition) is 4. The highest BCUT2D eigenvalue weighted by molar-refractivity contribution is 5.70. The Morgan fingerprint density at radius 1 is 1.07 bits per heavy atom. The summed E-state index contributed by atoms with van der Waals surface area (Å²) in [6.45, 7) is 8.50. The van der Waals surface area contributed by atoms with E-state index in [1.54, 1.807) is 0 Å². The van der Waals surface area contributed by atoms with Gasteiger partial charge < -0.3 is 5.11 Å². The van der Waals surface area contributed by atoms with Crippen LogP contribution in [0.2, 0.25) is 0 Å². The monoisotopic (exact) mass is 376 g/mol. The van der Waals surface area contributed by atoms with Crippen LogP contribution in [0.1, 0.15) is 43.1 Å². The zero-order valence-electron chi connectivity index (χ0n) is 16.8. The van der Waals surface area contributed by atoms with Crippen LogP contribution in [0.25, 0.3) is 11.1 Å². The Balaban J connectivity index is 1.54. The van der Waals surface area contributed by atoms with E-state index in [9.17, 15) is 5.11 Å². The Labute approximate surface area is 166 Å². The molecule has 1 aromatic heterocycles. The van der Waals surface area contributed by atoms with E-state index in [0.29, 0.717) is 18.7 Å². The van der Waals surface area contributed by atoms with Crippen LogP contribution in [0.4, 0.5) is 0 Å². The summed E-state index contributed by atoms with van der Waals surface area (Å²) in [6.07, 6.45) is 2.56. The molecule has 1 aliphatic rings. The van der Waals surface area contributed by atoms with E-state index in [2.05, 4.69) is 84.5 Å². The number of likely N-dealkylation sites (tertiary alicyclic amines) is 1. The van der Waals surface area contributed by atoms with E-state index in [0.717, 1.165) is 13.1 Å². The molecule has 1 unspecified atom stereocenters. The third-order valence-electron chi connectivity index (χ3n) is 5.69. The number of hydrogen-bond donors (Lipinski definition) is 1. The van der Waals surface area contributed by atoms with E-state index in [-0.39, 0.29) is 6.04 Å². The van der Waals surface area contributed by atoms with Gasteiger partial charge in [-0.25, -0.2) is 4.68 Å². The van der Waals surface area contributed by atoms with Gasteiger partial charge in [-0.2, -0.15) is 0 Å². The summed E-state index contributed by atoms with van der Waals surface area (Å²) in [5.74, 6) is 0. The zero-order chi connectivity index (χ0) is 19.7. The van der Waals surface area contributed by atoms with Gasteiger partial charge in [0.25, 0.3) is 0 Å². The van der Waals surface area contributed by atoms with Crippen molar-refractivity contribution in [2.75, 3.05) is 13.1 Å². The highest BCUT2D eigenvalue weighted by atomic mass is 16.3. The molecule has 2 heterocycles. The van der Waals surface area contributed by atoms with Crippen molar-refractivity contribution in [1.82, 2.24) is 19.9 Å². The first-order valence-electron chi connectivity index (χ1n) is 9.97. The summed E-state index contributed by atoms with van der Waals surface area (Å²) in [6, 6.07) is 17.3. The molecule has 0 radical (unpaired) electrons. The fourth-order valence-electron chi connectivity index (χ4n) is 3.99. The van der Waals surface area contributed by atoms with Crippen molar-refractivity contribution in [2.45, 2.75) is 45.4 Å². The summed E-state index contributed by atoms with van der Waals surface area (Å²) < 4.78 is 1.81.